The Kier molecular flexibility index (Phi) is 8.25. The van der Waals surface area contributed by atoms with Gasteiger partial charge in [-0.25, -0.2) is 0 Å². The lowest BCUT2D eigenvalue weighted by molar-refractivity contribution is -0.143. The molecule has 0 aromatic rings. The van der Waals surface area contributed by atoms with Crippen molar-refractivity contribution in [2.24, 2.45) is 0 Å². The third-order valence-electron chi connectivity index (χ3n) is 0.919. The molecule has 0 spiro atoms. The summed E-state index contributed by atoms with van der Waals surface area (Å²) in [5, 5.41) is 0. The standard InChI is InChI=1S/C4H10.C2HF6NOS/c1-3-4-2;3-1(4,5)9-11(10)2(6,7)8/h3-4H2,1-2H3;9H. The maximum absolute atomic E-state index is 11.1. The quantitative estimate of drug-likeness (QED) is 0.470. The van der Waals surface area contributed by atoms with E-state index < -0.39 is 23.2 Å². The number of hydrogen-bond acceptors (Lipinski definition) is 2. The van der Waals surface area contributed by atoms with Crippen LogP contribution in [0.5, 0.6) is 0 Å². The molecule has 0 saturated carbocycles. The van der Waals surface area contributed by atoms with Crippen LogP contribution in [0.25, 0.3) is 0 Å². The van der Waals surface area contributed by atoms with E-state index in [1.807, 2.05) is 0 Å². The third kappa shape index (κ3) is 13.9. The zero-order valence-electron chi connectivity index (χ0n) is 8.00. The van der Waals surface area contributed by atoms with Gasteiger partial charge in [-0.2, -0.15) is 13.2 Å². The first-order valence-electron chi connectivity index (χ1n) is 3.87. The van der Waals surface area contributed by atoms with E-state index in [0.29, 0.717) is 0 Å². The molecule has 0 fully saturated rings. The molecule has 15 heavy (non-hydrogen) atoms. The van der Waals surface area contributed by atoms with Gasteiger partial charge in [-0.05, 0) is 4.72 Å². The van der Waals surface area contributed by atoms with Crippen LogP contribution in [-0.4, -0.2) is 16.4 Å². The summed E-state index contributed by atoms with van der Waals surface area (Å²) in [5.41, 5.74) is -5.39. The Balaban J connectivity index is 0. The summed E-state index contributed by atoms with van der Waals surface area (Å²) in [4.78, 5) is 0. The van der Waals surface area contributed by atoms with Gasteiger partial charge >= 0.3 is 11.8 Å². The van der Waals surface area contributed by atoms with E-state index in [0.717, 1.165) is 0 Å². The SMILES string of the molecule is CCCC.[O-][S+](NC(F)(F)F)C(F)(F)F. The molecule has 0 aromatic carbocycles. The second-order valence-corrected chi connectivity index (χ2v) is 3.52. The molecule has 0 bridgehead atoms. The van der Waals surface area contributed by atoms with Crippen LogP contribution < -0.4 is 4.72 Å². The maximum Gasteiger partial charge on any atom is 0.593 e. The van der Waals surface area contributed by atoms with Crippen LogP contribution in [0, 0.1) is 0 Å². The van der Waals surface area contributed by atoms with Crippen LogP contribution in [-0.2, 0) is 11.4 Å². The van der Waals surface area contributed by atoms with Crippen LogP contribution >= 0.6 is 0 Å². The van der Waals surface area contributed by atoms with Crippen molar-refractivity contribution in [3.05, 3.63) is 0 Å². The number of alkyl halides is 6. The van der Waals surface area contributed by atoms with Gasteiger partial charge in [0.25, 0.3) is 0 Å². The van der Waals surface area contributed by atoms with Crippen molar-refractivity contribution in [2.45, 2.75) is 38.5 Å². The molecule has 9 heteroatoms. The highest BCUT2D eigenvalue weighted by atomic mass is 32.2. The van der Waals surface area contributed by atoms with Crippen molar-refractivity contribution in [3.63, 3.8) is 0 Å². The summed E-state index contributed by atoms with van der Waals surface area (Å²) >= 11 is -4.08. The van der Waals surface area contributed by atoms with E-state index in [1.54, 1.807) is 0 Å². The Labute approximate surface area is 86.3 Å². The number of unbranched alkanes of at least 4 members (excludes halogenated alkanes) is 1. The van der Waals surface area contributed by atoms with E-state index in [2.05, 4.69) is 13.8 Å². The predicted octanol–water partition coefficient (Wildman–Crippen LogP) is 3.09. The molecule has 1 N–H and O–H groups in total. The molecule has 0 amide bonds. The Hall–Kier alpha value is -0.150. The number of nitrogens with one attached hydrogen (secondary N) is 1. The molecule has 0 saturated heterocycles. The van der Waals surface area contributed by atoms with Gasteiger partial charge < -0.3 is 4.55 Å². The number of rotatable bonds is 2. The van der Waals surface area contributed by atoms with Crippen LogP contribution in [0.3, 0.4) is 0 Å². The highest BCUT2D eigenvalue weighted by Gasteiger charge is 2.51. The zero-order valence-corrected chi connectivity index (χ0v) is 8.81. The third-order valence-corrected chi connectivity index (χ3v) is 1.76. The van der Waals surface area contributed by atoms with E-state index in [1.165, 1.54) is 12.8 Å². The molecule has 0 heterocycles. The molecular formula is C6H11F6NOS. The highest BCUT2D eigenvalue weighted by Crippen LogP contribution is 2.24. The first-order valence-corrected chi connectivity index (χ1v) is 5.02. The second-order valence-electron chi connectivity index (χ2n) is 2.31. The first kappa shape index (κ1) is 17.3. The van der Waals surface area contributed by atoms with Crippen LogP contribution in [0.1, 0.15) is 26.7 Å². The molecule has 2 nitrogen and oxygen atoms in total. The molecule has 0 aromatic heterocycles. The minimum Gasteiger partial charge on any atom is -0.590 e. The van der Waals surface area contributed by atoms with E-state index in [-0.39, 0.29) is 4.72 Å². The van der Waals surface area contributed by atoms with Crippen molar-refractivity contribution in [2.75, 3.05) is 0 Å². The number of halogens is 6. The van der Waals surface area contributed by atoms with Gasteiger partial charge in [0, 0.05) is 0 Å². The minimum absolute atomic E-state index is 0.0938. The summed E-state index contributed by atoms with van der Waals surface area (Å²) in [6.07, 6.45) is -2.65. The van der Waals surface area contributed by atoms with Crippen molar-refractivity contribution in [3.8, 4) is 0 Å². The fourth-order valence-corrected chi connectivity index (χ4v) is 0.489. The van der Waals surface area contributed by atoms with Crippen LogP contribution in [0.4, 0.5) is 26.3 Å². The largest absolute Gasteiger partial charge is 0.593 e. The van der Waals surface area contributed by atoms with Gasteiger partial charge in [0.15, 0.2) is 11.4 Å². The number of hydrogen-bond donors (Lipinski definition) is 1. The van der Waals surface area contributed by atoms with Crippen molar-refractivity contribution >= 4 is 11.4 Å². The van der Waals surface area contributed by atoms with Gasteiger partial charge in [0.2, 0.25) is 0 Å². The lowest BCUT2D eigenvalue weighted by Crippen LogP contribution is -2.44. The predicted molar refractivity (Wildman–Crippen MR) is 44.0 cm³/mol. The molecule has 1 unspecified atom stereocenters. The van der Waals surface area contributed by atoms with Crippen LogP contribution in [0.15, 0.2) is 0 Å². The van der Waals surface area contributed by atoms with E-state index in [4.69, 9.17) is 0 Å². The summed E-state index contributed by atoms with van der Waals surface area (Å²) < 4.78 is 76.0. The normalized spacial score (nSPS) is 14.2. The van der Waals surface area contributed by atoms with Gasteiger partial charge in [-0.15, -0.1) is 13.2 Å². The van der Waals surface area contributed by atoms with Gasteiger partial charge in [-0.1, -0.05) is 26.7 Å². The maximum atomic E-state index is 11.1. The lowest BCUT2D eigenvalue weighted by Gasteiger charge is -2.13. The summed E-state index contributed by atoms with van der Waals surface area (Å²) in [6.45, 7) is 4.36. The van der Waals surface area contributed by atoms with Crippen LogP contribution in [0.2, 0.25) is 0 Å². The average molecular weight is 259 g/mol. The molecular weight excluding hydrogens is 248 g/mol. The molecule has 94 valence electrons. The Bertz CT molecular complexity index is 157. The van der Waals surface area contributed by atoms with Crippen molar-refractivity contribution < 1.29 is 30.9 Å². The monoisotopic (exact) mass is 259 g/mol. The molecule has 0 aliphatic carbocycles. The minimum atomic E-state index is -5.39. The van der Waals surface area contributed by atoms with Crippen molar-refractivity contribution in [1.82, 2.24) is 4.72 Å². The van der Waals surface area contributed by atoms with Crippen molar-refractivity contribution in [1.29, 1.82) is 0 Å². The fourth-order valence-electron chi connectivity index (χ4n) is 0.163. The smallest absolute Gasteiger partial charge is 0.590 e. The Morgan fingerprint density at radius 1 is 1.00 bits per heavy atom. The second kappa shape index (κ2) is 7.18. The zero-order chi connectivity index (χ0) is 12.7. The highest BCUT2D eigenvalue weighted by molar-refractivity contribution is 7.90. The van der Waals surface area contributed by atoms with Gasteiger partial charge in [0.1, 0.15) is 0 Å². The molecule has 1 atom stereocenters. The fraction of sp³-hybridized carbons (Fsp3) is 1.00. The Morgan fingerprint density at radius 3 is 1.40 bits per heavy atom. The molecule has 0 rings (SSSR count). The van der Waals surface area contributed by atoms with E-state index >= 15 is 0 Å². The van der Waals surface area contributed by atoms with E-state index in [9.17, 15) is 30.9 Å². The van der Waals surface area contributed by atoms with Gasteiger partial charge in [-0.3, -0.25) is 0 Å². The summed E-state index contributed by atoms with van der Waals surface area (Å²) in [6, 6.07) is 0. The summed E-state index contributed by atoms with van der Waals surface area (Å²) in [7, 11) is 0. The molecule has 0 aliphatic rings. The lowest BCUT2D eigenvalue weighted by atomic mass is 10.4. The van der Waals surface area contributed by atoms with Gasteiger partial charge in [0.05, 0.1) is 0 Å². The molecule has 0 radical (unpaired) electrons. The topological polar surface area (TPSA) is 35.1 Å². The summed E-state index contributed by atoms with van der Waals surface area (Å²) in [5.74, 6) is 0. The Morgan fingerprint density at radius 2 is 1.33 bits per heavy atom. The first-order chi connectivity index (χ1) is 6.54. The molecule has 0 aliphatic heterocycles. The average Bonchev–Trinajstić information content (AvgIpc) is 2.00.